The summed E-state index contributed by atoms with van der Waals surface area (Å²) in [4.78, 5) is 0. The summed E-state index contributed by atoms with van der Waals surface area (Å²) in [5.41, 5.74) is 0.398. The van der Waals surface area contributed by atoms with E-state index in [1.165, 1.54) is 6.07 Å². The van der Waals surface area contributed by atoms with Crippen LogP contribution in [0.4, 0.5) is 4.39 Å². The van der Waals surface area contributed by atoms with Gasteiger partial charge in [-0.3, -0.25) is 0 Å². The molecule has 0 saturated heterocycles. The number of benzene rings is 1. The molecule has 1 aromatic carbocycles. The maximum atomic E-state index is 13.5. The highest BCUT2D eigenvalue weighted by Gasteiger charge is 2.19. The zero-order valence-corrected chi connectivity index (χ0v) is 10.2. The molecule has 0 aliphatic heterocycles. The fourth-order valence-electron chi connectivity index (χ4n) is 1.57. The Labute approximate surface area is 95.6 Å². The van der Waals surface area contributed by atoms with Gasteiger partial charge in [-0.2, -0.15) is 0 Å². The van der Waals surface area contributed by atoms with Gasteiger partial charge in [0.05, 0.1) is 5.75 Å². The highest BCUT2D eigenvalue weighted by atomic mass is 32.2. The molecule has 1 unspecified atom stereocenters. The van der Waals surface area contributed by atoms with E-state index in [1.807, 2.05) is 6.92 Å². The van der Waals surface area contributed by atoms with Gasteiger partial charge in [0.15, 0.2) is 0 Å². The Bertz CT molecular complexity index is 445. The molecule has 16 heavy (non-hydrogen) atoms. The summed E-state index contributed by atoms with van der Waals surface area (Å²) in [6.07, 6.45) is 1.15. The van der Waals surface area contributed by atoms with Gasteiger partial charge in [-0.15, -0.1) is 0 Å². The molecule has 0 aromatic heterocycles. The summed E-state index contributed by atoms with van der Waals surface area (Å²) in [6.45, 7) is 2.45. The smallest absolute Gasteiger partial charge is 0.149 e. The van der Waals surface area contributed by atoms with Crippen LogP contribution in [0.2, 0.25) is 0 Å². The highest BCUT2D eigenvalue weighted by molar-refractivity contribution is 7.90. The lowest BCUT2D eigenvalue weighted by molar-refractivity contribution is 0.531. The largest absolute Gasteiger partial charge is 0.309 e. The van der Waals surface area contributed by atoms with E-state index in [0.29, 0.717) is 12.1 Å². The van der Waals surface area contributed by atoms with E-state index in [1.54, 1.807) is 18.2 Å². The Morgan fingerprint density at radius 2 is 2.00 bits per heavy atom. The van der Waals surface area contributed by atoms with Gasteiger partial charge < -0.3 is 5.32 Å². The molecule has 1 N–H and O–H groups in total. The number of halogens is 1. The van der Waals surface area contributed by atoms with Gasteiger partial charge in [0.25, 0.3) is 0 Å². The van der Waals surface area contributed by atoms with Gasteiger partial charge in [-0.25, -0.2) is 12.8 Å². The van der Waals surface area contributed by atoms with Crippen molar-refractivity contribution in [3.8, 4) is 0 Å². The van der Waals surface area contributed by atoms with Crippen molar-refractivity contribution in [3.05, 3.63) is 35.6 Å². The highest BCUT2D eigenvalue weighted by Crippen LogP contribution is 2.18. The molecule has 0 aliphatic rings. The van der Waals surface area contributed by atoms with E-state index in [4.69, 9.17) is 0 Å². The molecule has 0 aliphatic carbocycles. The van der Waals surface area contributed by atoms with Crippen LogP contribution in [0, 0.1) is 5.82 Å². The normalized spacial score (nSPS) is 13.7. The van der Waals surface area contributed by atoms with E-state index in [0.717, 1.165) is 6.26 Å². The van der Waals surface area contributed by atoms with Gasteiger partial charge in [-0.1, -0.05) is 25.1 Å². The molecule has 0 radical (unpaired) electrons. The van der Waals surface area contributed by atoms with Crippen molar-refractivity contribution in [1.82, 2.24) is 5.32 Å². The number of hydrogen-bond acceptors (Lipinski definition) is 3. The van der Waals surface area contributed by atoms with Gasteiger partial charge >= 0.3 is 0 Å². The number of hydrogen-bond donors (Lipinski definition) is 1. The maximum absolute atomic E-state index is 13.5. The fraction of sp³-hybridized carbons (Fsp3) is 0.455. The minimum absolute atomic E-state index is 0.0955. The van der Waals surface area contributed by atoms with Crippen molar-refractivity contribution in [3.63, 3.8) is 0 Å². The third kappa shape index (κ3) is 3.90. The molecule has 3 nitrogen and oxygen atoms in total. The molecule has 0 saturated carbocycles. The van der Waals surface area contributed by atoms with E-state index in [9.17, 15) is 12.8 Å². The van der Waals surface area contributed by atoms with Crippen LogP contribution in [-0.2, 0) is 9.84 Å². The molecule has 1 aromatic rings. The van der Waals surface area contributed by atoms with E-state index >= 15 is 0 Å². The second kappa shape index (κ2) is 5.41. The summed E-state index contributed by atoms with van der Waals surface area (Å²) in [6, 6.07) is 5.74. The molecule has 1 rings (SSSR count). The van der Waals surface area contributed by atoms with Crippen molar-refractivity contribution in [1.29, 1.82) is 0 Å². The van der Waals surface area contributed by atoms with Crippen LogP contribution in [0.1, 0.15) is 18.5 Å². The predicted octanol–water partition coefficient (Wildman–Crippen LogP) is 1.52. The fourth-order valence-corrected chi connectivity index (χ4v) is 2.47. The van der Waals surface area contributed by atoms with Crippen LogP contribution in [-0.4, -0.2) is 27.0 Å². The zero-order chi connectivity index (χ0) is 12.2. The van der Waals surface area contributed by atoms with Crippen molar-refractivity contribution in [2.24, 2.45) is 0 Å². The first kappa shape index (κ1) is 13.1. The lowest BCUT2D eigenvalue weighted by Crippen LogP contribution is -2.28. The van der Waals surface area contributed by atoms with Gasteiger partial charge in [0.2, 0.25) is 0 Å². The Hall–Kier alpha value is -0.940. The van der Waals surface area contributed by atoms with Crippen molar-refractivity contribution in [2.75, 3.05) is 18.6 Å². The molecule has 1 atom stereocenters. The molecular formula is C11H16FNO2S. The third-order valence-corrected chi connectivity index (χ3v) is 3.14. The first-order valence-electron chi connectivity index (χ1n) is 5.09. The SMILES string of the molecule is CCNC(CS(C)(=O)=O)c1ccccc1F. The quantitative estimate of drug-likeness (QED) is 0.855. The molecule has 0 heterocycles. The average Bonchev–Trinajstić information content (AvgIpc) is 2.16. The summed E-state index contributed by atoms with van der Waals surface area (Å²) in [5.74, 6) is -0.473. The van der Waals surface area contributed by atoms with Crippen LogP contribution in [0.15, 0.2) is 24.3 Å². The Balaban J connectivity index is 2.98. The predicted molar refractivity (Wildman–Crippen MR) is 62.5 cm³/mol. The lowest BCUT2D eigenvalue weighted by atomic mass is 10.1. The Kier molecular flexibility index (Phi) is 4.44. The lowest BCUT2D eigenvalue weighted by Gasteiger charge is -2.17. The number of nitrogens with one attached hydrogen (secondary N) is 1. The summed E-state index contributed by atoms with van der Waals surface area (Å²) in [7, 11) is -3.14. The van der Waals surface area contributed by atoms with E-state index in [2.05, 4.69) is 5.32 Å². The van der Waals surface area contributed by atoms with Gasteiger partial charge in [-0.05, 0) is 12.6 Å². The number of sulfone groups is 1. The molecule has 0 fully saturated rings. The summed E-state index contributed by atoms with van der Waals surface area (Å²) >= 11 is 0. The van der Waals surface area contributed by atoms with Crippen molar-refractivity contribution < 1.29 is 12.8 Å². The van der Waals surface area contributed by atoms with Crippen LogP contribution < -0.4 is 5.32 Å². The Morgan fingerprint density at radius 1 is 1.38 bits per heavy atom. The van der Waals surface area contributed by atoms with Crippen molar-refractivity contribution >= 4 is 9.84 Å². The first-order chi connectivity index (χ1) is 7.44. The van der Waals surface area contributed by atoms with Crippen LogP contribution >= 0.6 is 0 Å². The average molecular weight is 245 g/mol. The second-order valence-electron chi connectivity index (χ2n) is 3.72. The summed E-state index contributed by atoms with van der Waals surface area (Å²) < 4.78 is 36.0. The van der Waals surface area contributed by atoms with Gasteiger partial charge in [0, 0.05) is 17.9 Å². The second-order valence-corrected chi connectivity index (χ2v) is 5.91. The zero-order valence-electron chi connectivity index (χ0n) is 9.40. The minimum Gasteiger partial charge on any atom is -0.309 e. The first-order valence-corrected chi connectivity index (χ1v) is 7.15. The maximum Gasteiger partial charge on any atom is 0.149 e. The standard InChI is InChI=1S/C11H16FNO2S/c1-3-13-11(8-16(2,14)15)9-6-4-5-7-10(9)12/h4-7,11,13H,3,8H2,1-2H3. The molecular weight excluding hydrogens is 229 g/mol. The summed E-state index contributed by atoms with van der Waals surface area (Å²) in [5, 5.41) is 2.98. The van der Waals surface area contributed by atoms with Crippen LogP contribution in [0.3, 0.4) is 0 Å². The molecule has 0 amide bonds. The monoisotopic (exact) mass is 245 g/mol. The Morgan fingerprint density at radius 3 is 2.50 bits per heavy atom. The minimum atomic E-state index is -3.14. The van der Waals surface area contributed by atoms with Crippen molar-refractivity contribution in [2.45, 2.75) is 13.0 Å². The molecule has 0 bridgehead atoms. The number of rotatable bonds is 5. The molecule has 0 spiro atoms. The van der Waals surface area contributed by atoms with E-state index in [-0.39, 0.29) is 11.6 Å². The molecule has 5 heteroatoms. The van der Waals surface area contributed by atoms with Crippen LogP contribution in [0.5, 0.6) is 0 Å². The van der Waals surface area contributed by atoms with E-state index < -0.39 is 15.9 Å². The van der Waals surface area contributed by atoms with Crippen LogP contribution in [0.25, 0.3) is 0 Å². The topological polar surface area (TPSA) is 46.2 Å². The van der Waals surface area contributed by atoms with Gasteiger partial charge in [0.1, 0.15) is 15.7 Å². The third-order valence-electron chi connectivity index (χ3n) is 2.20. The molecule has 90 valence electrons.